The normalized spacial score (nSPS) is 10.5. The van der Waals surface area contributed by atoms with Crippen molar-refractivity contribution in [3.05, 3.63) is 47.0 Å². The number of rotatable bonds is 2. The monoisotopic (exact) mass is 234 g/mol. The van der Waals surface area contributed by atoms with Crippen molar-refractivity contribution < 1.29 is 14.3 Å². The van der Waals surface area contributed by atoms with Crippen molar-refractivity contribution in [2.45, 2.75) is 13.8 Å². The van der Waals surface area contributed by atoms with Crippen LogP contribution in [0.15, 0.2) is 24.3 Å². The predicted molar refractivity (Wildman–Crippen MR) is 60.0 cm³/mol. The number of hydrogen-bond acceptors (Lipinski definition) is 2. The SMILES string of the molecule is Cc1nn(-c2ccc(F)cc2)c(C(=O)O)c1C. The second kappa shape index (κ2) is 4.01. The van der Waals surface area contributed by atoms with Gasteiger partial charge in [0.2, 0.25) is 0 Å². The molecule has 1 aromatic heterocycles. The van der Waals surface area contributed by atoms with Gasteiger partial charge in [0, 0.05) is 5.56 Å². The van der Waals surface area contributed by atoms with Gasteiger partial charge in [-0.2, -0.15) is 5.10 Å². The van der Waals surface area contributed by atoms with Gasteiger partial charge in [0.05, 0.1) is 11.4 Å². The van der Waals surface area contributed by atoms with E-state index in [1.807, 2.05) is 0 Å². The first kappa shape index (κ1) is 11.3. The average molecular weight is 234 g/mol. The Bertz CT molecular complexity index is 573. The van der Waals surface area contributed by atoms with Crippen LogP contribution in [-0.4, -0.2) is 20.9 Å². The first-order valence-corrected chi connectivity index (χ1v) is 5.06. The van der Waals surface area contributed by atoms with Gasteiger partial charge < -0.3 is 5.11 Å². The van der Waals surface area contributed by atoms with Gasteiger partial charge in [-0.25, -0.2) is 13.9 Å². The zero-order valence-corrected chi connectivity index (χ0v) is 9.44. The number of aromatic carboxylic acids is 1. The molecule has 0 saturated heterocycles. The summed E-state index contributed by atoms with van der Waals surface area (Å²) in [6.45, 7) is 3.44. The fraction of sp³-hybridized carbons (Fsp3) is 0.167. The third-order valence-corrected chi connectivity index (χ3v) is 2.63. The smallest absolute Gasteiger partial charge is 0.354 e. The van der Waals surface area contributed by atoms with Crippen molar-refractivity contribution in [3.63, 3.8) is 0 Å². The summed E-state index contributed by atoms with van der Waals surface area (Å²) in [5, 5.41) is 13.3. The minimum atomic E-state index is -1.05. The van der Waals surface area contributed by atoms with Gasteiger partial charge >= 0.3 is 5.97 Å². The summed E-state index contributed by atoms with van der Waals surface area (Å²) < 4.78 is 14.1. The van der Waals surface area contributed by atoms with Gasteiger partial charge in [-0.3, -0.25) is 0 Å². The van der Waals surface area contributed by atoms with Crippen LogP contribution >= 0.6 is 0 Å². The van der Waals surface area contributed by atoms with Crippen LogP contribution in [0.2, 0.25) is 0 Å². The Labute approximate surface area is 97.3 Å². The summed E-state index contributed by atoms with van der Waals surface area (Å²) in [6, 6.07) is 5.53. The molecule has 5 heteroatoms. The fourth-order valence-electron chi connectivity index (χ4n) is 1.63. The van der Waals surface area contributed by atoms with Gasteiger partial charge in [0.25, 0.3) is 0 Å². The lowest BCUT2D eigenvalue weighted by atomic mass is 10.2. The molecular formula is C12H11FN2O2. The molecule has 0 saturated carbocycles. The molecule has 0 atom stereocenters. The van der Waals surface area contributed by atoms with Gasteiger partial charge in [-0.05, 0) is 38.1 Å². The second-order valence-corrected chi connectivity index (χ2v) is 3.75. The minimum Gasteiger partial charge on any atom is -0.477 e. The molecule has 0 aliphatic carbocycles. The summed E-state index contributed by atoms with van der Waals surface area (Å²) in [4.78, 5) is 11.2. The Kier molecular flexibility index (Phi) is 2.67. The molecule has 1 heterocycles. The number of carbonyl (C=O) groups is 1. The molecule has 0 spiro atoms. The molecule has 0 amide bonds. The Morgan fingerprint density at radius 1 is 1.29 bits per heavy atom. The highest BCUT2D eigenvalue weighted by Crippen LogP contribution is 2.18. The molecule has 0 fully saturated rings. The van der Waals surface area contributed by atoms with E-state index < -0.39 is 5.97 Å². The minimum absolute atomic E-state index is 0.106. The summed E-state index contributed by atoms with van der Waals surface area (Å²) >= 11 is 0. The van der Waals surface area contributed by atoms with Crippen LogP contribution in [0.4, 0.5) is 4.39 Å². The van der Waals surface area contributed by atoms with Crippen molar-refractivity contribution >= 4 is 5.97 Å². The highest BCUT2D eigenvalue weighted by Gasteiger charge is 2.18. The standard InChI is InChI=1S/C12H11FN2O2/c1-7-8(2)14-15(11(7)12(16)17)10-5-3-9(13)4-6-10/h3-6H,1-2H3,(H,16,17). The molecule has 0 radical (unpaired) electrons. The van der Waals surface area contributed by atoms with E-state index in [1.54, 1.807) is 13.8 Å². The molecule has 2 aromatic rings. The lowest BCUT2D eigenvalue weighted by Gasteiger charge is -2.04. The highest BCUT2D eigenvalue weighted by molar-refractivity contribution is 5.88. The molecule has 88 valence electrons. The van der Waals surface area contributed by atoms with E-state index >= 15 is 0 Å². The number of nitrogens with zero attached hydrogens (tertiary/aromatic N) is 2. The zero-order chi connectivity index (χ0) is 12.6. The van der Waals surface area contributed by atoms with E-state index in [0.29, 0.717) is 16.9 Å². The van der Waals surface area contributed by atoms with Crippen LogP contribution in [0, 0.1) is 19.7 Å². The Balaban J connectivity index is 2.63. The summed E-state index contributed by atoms with van der Waals surface area (Å²) in [5.41, 5.74) is 1.89. The van der Waals surface area contributed by atoms with Crippen molar-refractivity contribution in [1.29, 1.82) is 0 Å². The number of carboxylic acids is 1. The maximum Gasteiger partial charge on any atom is 0.354 e. The van der Waals surface area contributed by atoms with Crippen molar-refractivity contribution in [2.75, 3.05) is 0 Å². The molecule has 1 aromatic carbocycles. The Hall–Kier alpha value is -2.17. The van der Waals surface area contributed by atoms with Gasteiger partial charge in [-0.1, -0.05) is 0 Å². The van der Waals surface area contributed by atoms with Gasteiger partial charge in [0.1, 0.15) is 5.82 Å². The van der Waals surface area contributed by atoms with E-state index in [0.717, 1.165) is 0 Å². The maximum atomic E-state index is 12.8. The van der Waals surface area contributed by atoms with E-state index in [4.69, 9.17) is 5.11 Å². The quantitative estimate of drug-likeness (QED) is 0.867. The summed E-state index contributed by atoms with van der Waals surface area (Å²) in [7, 11) is 0. The first-order chi connectivity index (χ1) is 8.00. The molecular weight excluding hydrogens is 223 g/mol. The molecule has 0 unspecified atom stereocenters. The number of aryl methyl sites for hydroxylation is 1. The molecule has 0 bridgehead atoms. The molecule has 2 rings (SSSR count). The summed E-state index contributed by atoms with van der Waals surface area (Å²) in [5.74, 6) is -1.42. The third-order valence-electron chi connectivity index (χ3n) is 2.63. The number of carboxylic acid groups (broad SMARTS) is 1. The number of benzene rings is 1. The molecule has 0 aliphatic heterocycles. The Morgan fingerprint density at radius 2 is 1.88 bits per heavy atom. The largest absolute Gasteiger partial charge is 0.477 e. The first-order valence-electron chi connectivity index (χ1n) is 5.06. The highest BCUT2D eigenvalue weighted by atomic mass is 19.1. The van der Waals surface area contributed by atoms with Gasteiger partial charge in [0.15, 0.2) is 5.69 Å². The van der Waals surface area contributed by atoms with Crippen molar-refractivity contribution in [3.8, 4) is 5.69 Å². The lowest BCUT2D eigenvalue weighted by Crippen LogP contribution is -2.09. The van der Waals surface area contributed by atoms with E-state index in [1.165, 1.54) is 28.9 Å². The molecule has 4 nitrogen and oxygen atoms in total. The van der Waals surface area contributed by atoms with Crippen molar-refractivity contribution in [2.24, 2.45) is 0 Å². The lowest BCUT2D eigenvalue weighted by molar-refractivity contribution is 0.0686. The maximum absolute atomic E-state index is 12.8. The molecule has 1 N–H and O–H groups in total. The summed E-state index contributed by atoms with van der Waals surface area (Å²) in [6.07, 6.45) is 0. The van der Waals surface area contributed by atoms with Crippen LogP contribution in [0.3, 0.4) is 0 Å². The van der Waals surface area contributed by atoms with Crippen LogP contribution in [0.25, 0.3) is 5.69 Å². The van der Waals surface area contributed by atoms with E-state index in [-0.39, 0.29) is 11.5 Å². The van der Waals surface area contributed by atoms with E-state index in [2.05, 4.69) is 5.10 Å². The van der Waals surface area contributed by atoms with Gasteiger partial charge in [-0.15, -0.1) is 0 Å². The fourth-order valence-corrected chi connectivity index (χ4v) is 1.63. The zero-order valence-electron chi connectivity index (χ0n) is 9.44. The molecule has 17 heavy (non-hydrogen) atoms. The number of halogens is 1. The molecule has 0 aliphatic rings. The van der Waals surface area contributed by atoms with Crippen LogP contribution < -0.4 is 0 Å². The van der Waals surface area contributed by atoms with Crippen molar-refractivity contribution in [1.82, 2.24) is 9.78 Å². The second-order valence-electron chi connectivity index (χ2n) is 3.75. The Morgan fingerprint density at radius 3 is 2.41 bits per heavy atom. The number of aromatic nitrogens is 2. The van der Waals surface area contributed by atoms with E-state index in [9.17, 15) is 9.18 Å². The van der Waals surface area contributed by atoms with Crippen LogP contribution in [0.1, 0.15) is 21.7 Å². The third kappa shape index (κ3) is 1.91. The van der Waals surface area contributed by atoms with Crippen LogP contribution in [0.5, 0.6) is 0 Å². The van der Waals surface area contributed by atoms with Crippen LogP contribution in [-0.2, 0) is 0 Å². The average Bonchev–Trinajstić information content (AvgIpc) is 2.56. The predicted octanol–water partition coefficient (Wildman–Crippen LogP) is 2.33. The number of hydrogen-bond donors (Lipinski definition) is 1. The topological polar surface area (TPSA) is 55.1 Å².